The van der Waals surface area contributed by atoms with Gasteiger partial charge in [-0.3, -0.25) is 9.59 Å². The van der Waals surface area contributed by atoms with Gasteiger partial charge in [-0.25, -0.2) is 19.9 Å². The summed E-state index contributed by atoms with van der Waals surface area (Å²) in [5.41, 5.74) is 2.66. The van der Waals surface area contributed by atoms with Crippen LogP contribution in [-0.2, 0) is 23.1 Å². The molecule has 3 aromatic rings. The molecule has 2 aromatic heterocycles. The third kappa shape index (κ3) is 4.95. The SMILES string of the molecule is CCSc1ccc(CC(=O)Nc2cnc3c(n2)CCC(C)(c2cc(C)nc(C)n2)C3=O)cc1. The lowest BCUT2D eigenvalue weighted by atomic mass is 9.72. The summed E-state index contributed by atoms with van der Waals surface area (Å²) in [6.45, 7) is 7.74. The van der Waals surface area contributed by atoms with Gasteiger partial charge < -0.3 is 5.32 Å². The number of rotatable bonds is 6. The first kappa shape index (κ1) is 23.0. The van der Waals surface area contributed by atoms with Gasteiger partial charge in [0.15, 0.2) is 11.6 Å². The quantitative estimate of drug-likeness (QED) is 0.548. The van der Waals surface area contributed by atoms with Crippen molar-refractivity contribution < 1.29 is 9.59 Å². The third-order valence-corrected chi connectivity index (χ3v) is 6.71. The largest absolute Gasteiger partial charge is 0.309 e. The second kappa shape index (κ2) is 9.39. The Balaban J connectivity index is 1.48. The van der Waals surface area contributed by atoms with E-state index in [2.05, 4.69) is 32.2 Å². The Kier molecular flexibility index (Phi) is 6.56. The van der Waals surface area contributed by atoms with Crippen LogP contribution in [0, 0.1) is 13.8 Å². The average molecular weight is 462 g/mol. The molecule has 1 amide bonds. The number of hydrogen-bond donors (Lipinski definition) is 1. The normalized spacial score (nSPS) is 17.5. The van der Waals surface area contributed by atoms with Gasteiger partial charge in [0.05, 0.1) is 29.4 Å². The van der Waals surface area contributed by atoms with Gasteiger partial charge >= 0.3 is 0 Å². The van der Waals surface area contributed by atoms with E-state index in [0.29, 0.717) is 41.6 Å². The molecular formula is C25H27N5O2S. The predicted molar refractivity (Wildman–Crippen MR) is 129 cm³/mol. The highest BCUT2D eigenvalue weighted by molar-refractivity contribution is 7.99. The van der Waals surface area contributed by atoms with E-state index in [1.807, 2.05) is 51.1 Å². The summed E-state index contributed by atoms with van der Waals surface area (Å²) < 4.78 is 0. The molecule has 1 aromatic carbocycles. The number of anilines is 1. The predicted octanol–water partition coefficient (Wildman–Crippen LogP) is 4.26. The maximum atomic E-state index is 13.4. The first-order valence-electron chi connectivity index (χ1n) is 11.0. The molecule has 170 valence electrons. The van der Waals surface area contributed by atoms with Crippen molar-refractivity contribution in [3.8, 4) is 0 Å². The van der Waals surface area contributed by atoms with Crippen molar-refractivity contribution in [2.24, 2.45) is 0 Å². The first-order valence-corrected chi connectivity index (χ1v) is 12.0. The van der Waals surface area contributed by atoms with Crippen LogP contribution in [0.3, 0.4) is 0 Å². The second-order valence-corrected chi connectivity index (χ2v) is 9.79. The summed E-state index contributed by atoms with van der Waals surface area (Å²) in [6, 6.07) is 9.85. The number of aromatic nitrogens is 4. The Morgan fingerprint density at radius 2 is 1.91 bits per heavy atom. The molecule has 0 radical (unpaired) electrons. The lowest BCUT2D eigenvalue weighted by molar-refractivity contribution is -0.115. The van der Waals surface area contributed by atoms with E-state index in [0.717, 1.165) is 17.0 Å². The number of aryl methyl sites for hydroxylation is 3. The van der Waals surface area contributed by atoms with Crippen LogP contribution in [0.2, 0.25) is 0 Å². The van der Waals surface area contributed by atoms with Gasteiger partial charge in [0, 0.05) is 10.6 Å². The summed E-state index contributed by atoms with van der Waals surface area (Å²) >= 11 is 1.76. The number of Topliss-reactive ketones (excluding diaryl/α,β-unsaturated/α-hetero) is 1. The van der Waals surface area contributed by atoms with Gasteiger partial charge in [0.1, 0.15) is 11.5 Å². The number of fused-ring (bicyclic) bond motifs is 1. The summed E-state index contributed by atoms with van der Waals surface area (Å²) in [5, 5.41) is 2.81. The summed E-state index contributed by atoms with van der Waals surface area (Å²) in [6.07, 6.45) is 2.85. The van der Waals surface area contributed by atoms with Gasteiger partial charge in [-0.2, -0.15) is 0 Å². The van der Waals surface area contributed by atoms with Crippen molar-refractivity contribution in [3.63, 3.8) is 0 Å². The molecule has 0 saturated heterocycles. The third-order valence-electron chi connectivity index (χ3n) is 5.82. The van der Waals surface area contributed by atoms with Crippen molar-refractivity contribution in [1.29, 1.82) is 0 Å². The molecule has 0 fully saturated rings. The molecule has 1 unspecified atom stereocenters. The fourth-order valence-corrected chi connectivity index (χ4v) is 4.74. The Labute approximate surface area is 197 Å². The van der Waals surface area contributed by atoms with Crippen molar-refractivity contribution in [2.75, 3.05) is 11.1 Å². The molecule has 2 heterocycles. The van der Waals surface area contributed by atoms with E-state index < -0.39 is 5.41 Å². The topological polar surface area (TPSA) is 97.7 Å². The number of nitrogens with one attached hydrogen (secondary N) is 1. The molecule has 8 heteroatoms. The number of ketones is 1. The Morgan fingerprint density at radius 1 is 1.15 bits per heavy atom. The zero-order chi connectivity index (χ0) is 23.6. The highest BCUT2D eigenvalue weighted by Gasteiger charge is 2.43. The molecule has 33 heavy (non-hydrogen) atoms. The molecule has 1 N–H and O–H groups in total. The van der Waals surface area contributed by atoms with Crippen LogP contribution in [-0.4, -0.2) is 37.4 Å². The summed E-state index contributed by atoms with van der Waals surface area (Å²) in [5.74, 6) is 1.75. The average Bonchev–Trinajstić information content (AvgIpc) is 2.77. The van der Waals surface area contributed by atoms with Crippen molar-refractivity contribution >= 4 is 29.3 Å². The zero-order valence-electron chi connectivity index (χ0n) is 19.3. The van der Waals surface area contributed by atoms with Crippen molar-refractivity contribution in [1.82, 2.24) is 19.9 Å². The lowest BCUT2D eigenvalue weighted by Gasteiger charge is -2.32. The molecule has 0 aliphatic heterocycles. The van der Waals surface area contributed by atoms with E-state index in [-0.39, 0.29) is 18.1 Å². The van der Waals surface area contributed by atoms with Gasteiger partial charge in [0.2, 0.25) is 5.91 Å². The van der Waals surface area contributed by atoms with E-state index in [9.17, 15) is 9.59 Å². The number of amides is 1. The van der Waals surface area contributed by atoms with Crippen LogP contribution < -0.4 is 5.32 Å². The molecule has 0 saturated carbocycles. The summed E-state index contributed by atoms with van der Waals surface area (Å²) in [7, 11) is 0. The summed E-state index contributed by atoms with van der Waals surface area (Å²) in [4.78, 5) is 44.8. The fraction of sp³-hybridized carbons (Fsp3) is 0.360. The second-order valence-electron chi connectivity index (χ2n) is 8.46. The van der Waals surface area contributed by atoms with Crippen LogP contribution in [0.15, 0.2) is 41.4 Å². The molecule has 1 atom stereocenters. The highest BCUT2D eigenvalue weighted by Crippen LogP contribution is 2.36. The minimum absolute atomic E-state index is 0.100. The van der Waals surface area contributed by atoms with Gasteiger partial charge in [-0.05, 0) is 63.1 Å². The van der Waals surface area contributed by atoms with Crippen LogP contribution in [0.4, 0.5) is 5.82 Å². The molecular weight excluding hydrogens is 434 g/mol. The van der Waals surface area contributed by atoms with E-state index in [4.69, 9.17) is 0 Å². The number of thioether (sulfide) groups is 1. The first-order chi connectivity index (χ1) is 15.8. The van der Waals surface area contributed by atoms with Crippen LogP contribution in [0.1, 0.15) is 59.2 Å². The van der Waals surface area contributed by atoms with Crippen molar-refractivity contribution in [2.45, 2.75) is 57.3 Å². The molecule has 1 aliphatic rings. The number of benzene rings is 1. The highest BCUT2D eigenvalue weighted by atomic mass is 32.2. The smallest absolute Gasteiger partial charge is 0.229 e. The fourth-order valence-electron chi connectivity index (χ4n) is 4.08. The number of hydrogen-bond acceptors (Lipinski definition) is 7. The minimum Gasteiger partial charge on any atom is -0.309 e. The van der Waals surface area contributed by atoms with Crippen LogP contribution >= 0.6 is 11.8 Å². The Bertz CT molecular complexity index is 1190. The minimum atomic E-state index is -0.771. The monoisotopic (exact) mass is 461 g/mol. The lowest BCUT2D eigenvalue weighted by Crippen LogP contribution is -2.39. The van der Waals surface area contributed by atoms with Crippen LogP contribution in [0.25, 0.3) is 0 Å². The molecule has 0 bridgehead atoms. The van der Waals surface area contributed by atoms with Gasteiger partial charge in [-0.15, -0.1) is 11.8 Å². The van der Waals surface area contributed by atoms with E-state index in [1.54, 1.807) is 11.8 Å². The Morgan fingerprint density at radius 3 is 2.61 bits per heavy atom. The maximum Gasteiger partial charge on any atom is 0.229 e. The molecule has 1 aliphatic carbocycles. The maximum absolute atomic E-state index is 13.4. The van der Waals surface area contributed by atoms with E-state index in [1.165, 1.54) is 11.1 Å². The number of nitrogens with zero attached hydrogens (tertiary/aromatic N) is 4. The molecule has 7 nitrogen and oxygen atoms in total. The number of carbonyl (C=O) groups excluding carboxylic acids is 2. The standard InChI is InChI=1S/C25H27N5O2S/c1-5-33-18-8-6-17(7-9-18)13-22(31)30-21-14-26-23-19(29-21)10-11-25(4,24(23)32)20-12-15(2)27-16(3)28-20/h6-9,12,14H,5,10-11,13H2,1-4H3,(H,29,30,31). The van der Waals surface area contributed by atoms with Gasteiger partial charge in [-0.1, -0.05) is 19.1 Å². The molecule has 0 spiro atoms. The van der Waals surface area contributed by atoms with Gasteiger partial charge in [0.25, 0.3) is 0 Å². The number of carbonyl (C=O) groups is 2. The zero-order valence-corrected chi connectivity index (χ0v) is 20.1. The van der Waals surface area contributed by atoms with E-state index >= 15 is 0 Å². The van der Waals surface area contributed by atoms with Crippen LogP contribution in [0.5, 0.6) is 0 Å². The Hall–Kier alpha value is -3.13. The van der Waals surface area contributed by atoms with Crippen molar-refractivity contribution in [3.05, 3.63) is 70.7 Å². The molecule has 4 rings (SSSR count).